The summed E-state index contributed by atoms with van der Waals surface area (Å²) < 4.78 is 1.85. The molecule has 0 aromatic carbocycles. The maximum absolute atomic E-state index is 11.6. The van der Waals surface area contributed by atoms with Crippen molar-refractivity contribution in [3.63, 3.8) is 0 Å². The van der Waals surface area contributed by atoms with Gasteiger partial charge in [0.2, 0.25) is 5.91 Å². The fourth-order valence-electron chi connectivity index (χ4n) is 1.82. The third kappa shape index (κ3) is 3.56. The minimum absolute atomic E-state index is 0.0404. The molecule has 0 radical (unpaired) electrons. The lowest BCUT2D eigenvalue weighted by Crippen LogP contribution is -2.37. The van der Waals surface area contributed by atoms with Gasteiger partial charge in [-0.05, 0) is 32.8 Å². The molecular weight excluding hydrogens is 216 g/mol. The first-order valence-corrected chi connectivity index (χ1v) is 5.94. The lowest BCUT2D eigenvalue weighted by Gasteiger charge is -2.11. The molecule has 0 saturated carbocycles. The average molecular weight is 238 g/mol. The minimum Gasteiger partial charge on any atom is -0.352 e. The van der Waals surface area contributed by atoms with E-state index in [-0.39, 0.29) is 11.9 Å². The highest BCUT2D eigenvalue weighted by molar-refractivity contribution is 5.76. The van der Waals surface area contributed by atoms with Crippen molar-refractivity contribution in [3.8, 4) is 0 Å². The maximum Gasteiger partial charge on any atom is 0.220 e. The van der Waals surface area contributed by atoms with Gasteiger partial charge in [0.1, 0.15) is 0 Å². The van der Waals surface area contributed by atoms with Gasteiger partial charge in [-0.1, -0.05) is 0 Å². The van der Waals surface area contributed by atoms with Crippen molar-refractivity contribution in [2.45, 2.75) is 39.7 Å². The molecule has 3 N–H and O–H groups in total. The number of carbonyl (C=O) groups excluding carboxylic acids is 1. The van der Waals surface area contributed by atoms with Crippen LogP contribution < -0.4 is 11.1 Å². The summed E-state index contributed by atoms with van der Waals surface area (Å²) in [6, 6.07) is 0.0404. The van der Waals surface area contributed by atoms with Crippen molar-refractivity contribution in [1.82, 2.24) is 15.1 Å². The van der Waals surface area contributed by atoms with Gasteiger partial charge in [-0.15, -0.1) is 0 Å². The van der Waals surface area contributed by atoms with E-state index in [4.69, 9.17) is 5.73 Å². The van der Waals surface area contributed by atoms with E-state index in [9.17, 15) is 4.79 Å². The number of hydrogen-bond acceptors (Lipinski definition) is 3. The van der Waals surface area contributed by atoms with Gasteiger partial charge in [0.15, 0.2) is 0 Å². The number of amides is 1. The fraction of sp³-hybridized carbons (Fsp3) is 0.667. The number of carbonyl (C=O) groups is 1. The second-order valence-corrected chi connectivity index (χ2v) is 4.48. The van der Waals surface area contributed by atoms with E-state index in [2.05, 4.69) is 10.4 Å². The standard InChI is InChI=1S/C12H22N4O/c1-8(7-13)14-12(17)6-5-11-9(2)15-16(4)10(11)3/h8H,5-7,13H2,1-4H3,(H,14,17). The molecule has 1 rings (SSSR count). The molecule has 5 heteroatoms. The summed E-state index contributed by atoms with van der Waals surface area (Å²) in [5, 5.41) is 7.18. The maximum atomic E-state index is 11.6. The molecule has 5 nitrogen and oxygen atoms in total. The third-order valence-electron chi connectivity index (χ3n) is 3.02. The zero-order valence-electron chi connectivity index (χ0n) is 11.1. The summed E-state index contributed by atoms with van der Waals surface area (Å²) in [5.41, 5.74) is 8.75. The van der Waals surface area contributed by atoms with Crippen LogP contribution in [0.5, 0.6) is 0 Å². The Bertz CT molecular complexity index is 397. The SMILES string of the molecule is Cc1nn(C)c(C)c1CCC(=O)NC(C)CN. The van der Waals surface area contributed by atoms with Crippen LogP contribution in [0.4, 0.5) is 0 Å². The average Bonchev–Trinajstić information content (AvgIpc) is 2.51. The van der Waals surface area contributed by atoms with Crippen LogP contribution in [0.2, 0.25) is 0 Å². The molecular formula is C12H22N4O. The highest BCUT2D eigenvalue weighted by Gasteiger charge is 2.12. The summed E-state index contributed by atoms with van der Waals surface area (Å²) in [7, 11) is 1.92. The summed E-state index contributed by atoms with van der Waals surface area (Å²) in [6.07, 6.45) is 1.21. The molecule has 0 bridgehead atoms. The van der Waals surface area contributed by atoms with Crippen LogP contribution in [0, 0.1) is 13.8 Å². The van der Waals surface area contributed by atoms with E-state index in [1.165, 1.54) is 5.56 Å². The lowest BCUT2D eigenvalue weighted by molar-refractivity contribution is -0.121. The van der Waals surface area contributed by atoms with E-state index in [0.29, 0.717) is 13.0 Å². The predicted octanol–water partition coefficient (Wildman–Crippen LogP) is 0.433. The lowest BCUT2D eigenvalue weighted by atomic mass is 10.1. The molecule has 17 heavy (non-hydrogen) atoms. The van der Waals surface area contributed by atoms with Crippen molar-refractivity contribution in [2.24, 2.45) is 12.8 Å². The normalized spacial score (nSPS) is 12.5. The highest BCUT2D eigenvalue weighted by atomic mass is 16.1. The number of aryl methyl sites for hydroxylation is 2. The molecule has 1 aromatic heterocycles. The fourth-order valence-corrected chi connectivity index (χ4v) is 1.82. The summed E-state index contributed by atoms with van der Waals surface area (Å²) >= 11 is 0. The predicted molar refractivity (Wildman–Crippen MR) is 67.7 cm³/mol. The molecule has 0 aliphatic heterocycles. The summed E-state index contributed by atoms with van der Waals surface area (Å²) in [4.78, 5) is 11.6. The molecule has 1 atom stereocenters. The molecule has 0 spiro atoms. The van der Waals surface area contributed by atoms with Crippen LogP contribution >= 0.6 is 0 Å². The molecule has 0 saturated heterocycles. The second kappa shape index (κ2) is 5.82. The first-order valence-electron chi connectivity index (χ1n) is 5.94. The van der Waals surface area contributed by atoms with E-state index < -0.39 is 0 Å². The van der Waals surface area contributed by atoms with Crippen molar-refractivity contribution in [3.05, 3.63) is 17.0 Å². The van der Waals surface area contributed by atoms with Gasteiger partial charge in [-0.25, -0.2) is 0 Å². The van der Waals surface area contributed by atoms with Crippen LogP contribution in [-0.2, 0) is 18.3 Å². The first kappa shape index (κ1) is 13.7. The number of nitrogens with two attached hydrogens (primary N) is 1. The van der Waals surface area contributed by atoms with Crippen LogP contribution in [0.25, 0.3) is 0 Å². The van der Waals surface area contributed by atoms with Gasteiger partial charge in [0, 0.05) is 31.7 Å². The smallest absolute Gasteiger partial charge is 0.220 e. The third-order valence-corrected chi connectivity index (χ3v) is 3.02. The molecule has 1 amide bonds. The molecule has 1 unspecified atom stereocenters. The largest absolute Gasteiger partial charge is 0.352 e. The van der Waals surface area contributed by atoms with Crippen molar-refractivity contribution in [1.29, 1.82) is 0 Å². The molecule has 0 aliphatic rings. The van der Waals surface area contributed by atoms with E-state index in [1.54, 1.807) is 0 Å². The van der Waals surface area contributed by atoms with Crippen LogP contribution in [0.3, 0.4) is 0 Å². The zero-order valence-corrected chi connectivity index (χ0v) is 11.1. The van der Waals surface area contributed by atoms with Gasteiger partial charge in [0.25, 0.3) is 0 Å². The first-order chi connectivity index (χ1) is 7.95. The molecule has 1 heterocycles. The Balaban J connectivity index is 2.53. The Morgan fingerprint density at radius 2 is 2.18 bits per heavy atom. The molecule has 1 aromatic rings. The minimum atomic E-state index is 0.0404. The molecule has 0 aliphatic carbocycles. The Morgan fingerprint density at radius 1 is 1.53 bits per heavy atom. The summed E-state index contributed by atoms with van der Waals surface area (Å²) in [6.45, 7) is 6.37. The molecule has 96 valence electrons. The van der Waals surface area contributed by atoms with Gasteiger partial charge >= 0.3 is 0 Å². The summed E-state index contributed by atoms with van der Waals surface area (Å²) in [5.74, 6) is 0.0469. The number of nitrogens with zero attached hydrogens (tertiary/aromatic N) is 2. The van der Waals surface area contributed by atoms with Crippen molar-refractivity contribution in [2.75, 3.05) is 6.54 Å². The zero-order chi connectivity index (χ0) is 13.0. The van der Waals surface area contributed by atoms with Crippen molar-refractivity contribution < 1.29 is 4.79 Å². The Hall–Kier alpha value is -1.36. The number of aromatic nitrogens is 2. The van der Waals surface area contributed by atoms with Gasteiger partial charge in [0.05, 0.1) is 5.69 Å². The van der Waals surface area contributed by atoms with Crippen LogP contribution in [0.1, 0.15) is 30.3 Å². The van der Waals surface area contributed by atoms with E-state index in [0.717, 1.165) is 17.8 Å². The number of rotatable bonds is 5. The Morgan fingerprint density at radius 3 is 2.65 bits per heavy atom. The number of nitrogens with one attached hydrogen (secondary N) is 1. The highest BCUT2D eigenvalue weighted by Crippen LogP contribution is 2.13. The van der Waals surface area contributed by atoms with Crippen LogP contribution in [0.15, 0.2) is 0 Å². The van der Waals surface area contributed by atoms with Gasteiger partial charge in [-0.3, -0.25) is 9.48 Å². The van der Waals surface area contributed by atoms with E-state index >= 15 is 0 Å². The van der Waals surface area contributed by atoms with Crippen molar-refractivity contribution >= 4 is 5.91 Å². The monoisotopic (exact) mass is 238 g/mol. The Kier molecular flexibility index (Phi) is 4.69. The molecule has 0 fully saturated rings. The Labute approximate surface area is 102 Å². The second-order valence-electron chi connectivity index (χ2n) is 4.48. The van der Waals surface area contributed by atoms with E-state index in [1.807, 2.05) is 32.5 Å². The topological polar surface area (TPSA) is 72.9 Å². The van der Waals surface area contributed by atoms with Crippen LogP contribution in [-0.4, -0.2) is 28.3 Å². The van der Waals surface area contributed by atoms with Gasteiger partial charge in [-0.2, -0.15) is 5.10 Å². The van der Waals surface area contributed by atoms with Gasteiger partial charge < -0.3 is 11.1 Å². The number of hydrogen-bond donors (Lipinski definition) is 2. The quantitative estimate of drug-likeness (QED) is 0.781.